The van der Waals surface area contributed by atoms with Gasteiger partial charge in [0.2, 0.25) is 0 Å². The van der Waals surface area contributed by atoms with Crippen LogP contribution in [0.25, 0.3) is 0 Å². The van der Waals surface area contributed by atoms with Crippen molar-refractivity contribution in [3.8, 4) is 0 Å². The quantitative estimate of drug-likeness (QED) is 0.626. The molecule has 1 N–H and O–H groups in total. The molecule has 2 heteroatoms. The normalized spacial score (nSPS) is 48.2. The molecule has 12 heavy (non-hydrogen) atoms. The molecule has 1 saturated heterocycles. The Morgan fingerprint density at radius 2 is 2.00 bits per heavy atom. The molecular weight excluding hydrogens is 150 g/mol. The van der Waals surface area contributed by atoms with Crippen molar-refractivity contribution in [1.82, 2.24) is 4.90 Å². The van der Waals surface area contributed by atoms with Gasteiger partial charge in [0, 0.05) is 19.1 Å². The van der Waals surface area contributed by atoms with Gasteiger partial charge in [0.25, 0.3) is 0 Å². The second-order valence-corrected chi connectivity index (χ2v) is 4.77. The molecule has 0 aromatic carbocycles. The third-order valence-corrected chi connectivity index (χ3v) is 3.91. The lowest BCUT2D eigenvalue weighted by Crippen LogP contribution is -2.56. The number of hydrogen-bond acceptors (Lipinski definition) is 2. The third kappa shape index (κ3) is 1.01. The molecule has 0 aromatic heterocycles. The summed E-state index contributed by atoms with van der Waals surface area (Å²) in [7, 11) is 0. The Hall–Kier alpha value is -0.0800. The predicted octanol–water partition coefficient (Wildman–Crippen LogP) is 0.852. The summed E-state index contributed by atoms with van der Waals surface area (Å²) in [6.45, 7) is 1.90. The number of rotatable bonds is 1. The number of aliphatic hydroxyl groups excluding tert-OH is 1. The maximum atomic E-state index is 9.21. The van der Waals surface area contributed by atoms with E-state index in [1.54, 1.807) is 0 Å². The van der Waals surface area contributed by atoms with Crippen LogP contribution in [-0.4, -0.2) is 35.2 Å². The zero-order valence-electron chi connectivity index (χ0n) is 7.45. The molecule has 1 heterocycles. The second kappa shape index (κ2) is 2.46. The van der Waals surface area contributed by atoms with E-state index in [2.05, 4.69) is 4.90 Å². The maximum absolute atomic E-state index is 9.21. The number of likely N-dealkylation sites (tertiary alicyclic amines) is 1. The van der Waals surface area contributed by atoms with Gasteiger partial charge in [-0.05, 0) is 24.7 Å². The standard InChI is InChI=1S/C10H17NO/c12-8-5-11(6-8)10-3-1-2-7-4-9(7)10/h7-10,12H,1-6H2. The van der Waals surface area contributed by atoms with Gasteiger partial charge in [-0.25, -0.2) is 0 Å². The van der Waals surface area contributed by atoms with E-state index >= 15 is 0 Å². The van der Waals surface area contributed by atoms with Crippen LogP contribution in [-0.2, 0) is 0 Å². The minimum absolute atomic E-state index is 0.0101. The van der Waals surface area contributed by atoms with Crippen LogP contribution in [0.2, 0.25) is 0 Å². The maximum Gasteiger partial charge on any atom is 0.0794 e. The van der Waals surface area contributed by atoms with Crippen LogP contribution in [0.15, 0.2) is 0 Å². The molecule has 0 aromatic rings. The van der Waals surface area contributed by atoms with Crippen molar-refractivity contribution in [2.45, 2.75) is 37.8 Å². The van der Waals surface area contributed by atoms with E-state index in [1.807, 2.05) is 0 Å². The Bertz CT molecular complexity index is 188. The third-order valence-electron chi connectivity index (χ3n) is 3.91. The van der Waals surface area contributed by atoms with E-state index in [-0.39, 0.29) is 6.10 Å². The topological polar surface area (TPSA) is 23.5 Å². The zero-order chi connectivity index (χ0) is 8.13. The molecule has 0 radical (unpaired) electrons. The van der Waals surface area contributed by atoms with E-state index < -0.39 is 0 Å². The largest absolute Gasteiger partial charge is 0.390 e. The number of aliphatic hydroxyl groups is 1. The molecule has 2 saturated carbocycles. The molecule has 3 rings (SSSR count). The molecule has 2 nitrogen and oxygen atoms in total. The summed E-state index contributed by atoms with van der Waals surface area (Å²) < 4.78 is 0. The molecular formula is C10H17NO. The predicted molar refractivity (Wildman–Crippen MR) is 46.8 cm³/mol. The SMILES string of the molecule is OC1CN(C2CCCC3CC32)C1. The van der Waals surface area contributed by atoms with Crippen LogP contribution < -0.4 is 0 Å². The van der Waals surface area contributed by atoms with Crippen LogP contribution in [0.4, 0.5) is 0 Å². The fraction of sp³-hybridized carbons (Fsp3) is 1.00. The van der Waals surface area contributed by atoms with Crippen LogP contribution in [0.3, 0.4) is 0 Å². The van der Waals surface area contributed by atoms with E-state index in [0.29, 0.717) is 0 Å². The average molecular weight is 167 g/mol. The van der Waals surface area contributed by atoms with Crippen LogP contribution in [0.1, 0.15) is 25.7 Å². The van der Waals surface area contributed by atoms with E-state index in [9.17, 15) is 5.11 Å². The second-order valence-electron chi connectivity index (χ2n) is 4.77. The Balaban J connectivity index is 1.61. The zero-order valence-corrected chi connectivity index (χ0v) is 7.45. The van der Waals surface area contributed by atoms with Crippen molar-refractivity contribution in [2.75, 3.05) is 13.1 Å². The lowest BCUT2D eigenvalue weighted by Gasteiger charge is -2.43. The summed E-state index contributed by atoms with van der Waals surface area (Å²) in [5.74, 6) is 2.09. The summed E-state index contributed by atoms with van der Waals surface area (Å²) in [6.07, 6.45) is 5.78. The van der Waals surface area contributed by atoms with Gasteiger partial charge in [0.15, 0.2) is 0 Å². The van der Waals surface area contributed by atoms with Gasteiger partial charge in [-0.15, -0.1) is 0 Å². The fourth-order valence-corrected chi connectivity index (χ4v) is 3.09. The highest BCUT2D eigenvalue weighted by Gasteiger charge is 2.49. The fourth-order valence-electron chi connectivity index (χ4n) is 3.09. The molecule has 68 valence electrons. The number of hydrogen-bond donors (Lipinski definition) is 1. The van der Waals surface area contributed by atoms with Gasteiger partial charge >= 0.3 is 0 Å². The molecule has 0 spiro atoms. The molecule has 3 unspecified atom stereocenters. The first kappa shape index (κ1) is 7.34. The number of fused-ring (bicyclic) bond motifs is 1. The van der Waals surface area contributed by atoms with Crippen molar-refractivity contribution >= 4 is 0 Å². The molecule has 3 fully saturated rings. The minimum Gasteiger partial charge on any atom is -0.390 e. The van der Waals surface area contributed by atoms with Crippen LogP contribution in [0, 0.1) is 11.8 Å². The van der Waals surface area contributed by atoms with Gasteiger partial charge < -0.3 is 5.11 Å². The van der Waals surface area contributed by atoms with E-state index in [1.165, 1.54) is 25.7 Å². The molecule has 1 aliphatic heterocycles. The molecule has 0 amide bonds. The molecule has 0 bridgehead atoms. The van der Waals surface area contributed by atoms with Crippen molar-refractivity contribution in [3.05, 3.63) is 0 Å². The van der Waals surface area contributed by atoms with Gasteiger partial charge in [-0.3, -0.25) is 4.90 Å². The summed E-state index contributed by atoms with van der Waals surface area (Å²) in [4.78, 5) is 2.49. The Morgan fingerprint density at radius 1 is 1.17 bits per heavy atom. The highest BCUT2D eigenvalue weighted by Crippen LogP contribution is 2.51. The monoisotopic (exact) mass is 167 g/mol. The van der Waals surface area contributed by atoms with Crippen LogP contribution in [0.5, 0.6) is 0 Å². The molecule has 2 aliphatic carbocycles. The van der Waals surface area contributed by atoms with Crippen LogP contribution >= 0.6 is 0 Å². The Kier molecular flexibility index (Phi) is 1.50. The van der Waals surface area contributed by atoms with E-state index in [0.717, 1.165) is 31.0 Å². The first-order chi connectivity index (χ1) is 5.84. The lowest BCUT2D eigenvalue weighted by molar-refractivity contribution is -0.0373. The van der Waals surface area contributed by atoms with Gasteiger partial charge in [0.05, 0.1) is 6.10 Å². The van der Waals surface area contributed by atoms with Gasteiger partial charge in [-0.1, -0.05) is 12.8 Å². The van der Waals surface area contributed by atoms with Gasteiger partial charge in [0.1, 0.15) is 0 Å². The highest BCUT2D eigenvalue weighted by atomic mass is 16.3. The average Bonchev–Trinajstić information content (AvgIpc) is 2.76. The lowest BCUT2D eigenvalue weighted by atomic mass is 9.92. The van der Waals surface area contributed by atoms with Crippen molar-refractivity contribution in [1.29, 1.82) is 0 Å². The minimum atomic E-state index is -0.0101. The summed E-state index contributed by atoms with van der Waals surface area (Å²) in [5, 5.41) is 9.21. The summed E-state index contributed by atoms with van der Waals surface area (Å²) in [5.41, 5.74) is 0. The van der Waals surface area contributed by atoms with Crippen molar-refractivity contribution in [2.24, 2.45) is 11.8 Å². The molecule has 3 aliphatic rings. The number of nitrogens with zero attached hydrogens (tertiary/aromatic N) is 1. The first-order valence-electron chi connectivity index (χ1n) is 5.27. The Labute approximate surface area is 73.6 Å². The summed E-state index contributed by atoms with van der Waals surface area (Å²) in [6, 6.07) is 0.854. The highest BCUT2D eigenvalue weighted by molar-refractivity contribution is 5.01. The number of β-amino-alcohol motifs (C(OH)–C–C–N with tert-alkyl or cyclic N) is 1. The first-order valence-corrected chi connectivity index (χ1v) is 5.27. The van der Waals surface area contributed by atoms with E-state index in [4.69, 9.17) is 0 Å². The van der Waals surface area contributed by atoms with Gasteiger partial charge in [-0.2, -0.15) is 0 Å². The Morgan fingerprint density at radius 3 is 2.75 bits per heavy atom. The van der Waals surface area contributed by atoms with Crippen molar-refractivity contribution < 1.29 is 5.11 Å². The van der Waals surface area contributed by atoms with Crippen molar-refractivity contribution in [3.63, 3.8) is 0 Å². The molecule has 3 atom stereocenters. The summed E-state index contributed by atoms with van der Waals surface area (Å²) >= 11 is 0. The smallest absolute Gasteiger partial charge is 0.0794 e.